The molecule has 0 spiro atoms. The van der Waals surface area contributed by atoms with Gasteiger partial charge < -0.3 is 14.2 Å². The quantitative estimate of drug-likeness (QED) is 0.376. The zero-order chi connectivity index (χ0) is 24.2. The van der Waals surface area contributed by atoms with Gasteiger partial charge in [0.15, 0.2) is 11.5 Å². The van der Waals surface area contributed by atoms with Gasteiger partial charge in [-0.05, 0) is 73.5 Å². The molecule has 35 heavy (non-hydrogen) atoms. The molecule has 1 aromatic heterocycles. The Hall–Kier alpha value is -3.84. The largest absolute Gasteiger partial charge is 0.497 e. The second kappa shape index (κ2) is 10.2. The van der Waals surface area contributed by atoms with E-state index in [1.54, 1.807) is 20.5 Å². The second-order valence-electron chi connectivity index (χ2n) is 8.61. The van der Waals surface area contributed by atoms with Crippen molar-refractivity contribution >= 4 is 10.9 Å². The molecule has 180 valence electrons. The molecule has 1 saturated heterocycles. The summed E-state index contributed by atoms with van der Waals surface area (Å²) in [5.74, 6) is 2.06. The van der Waals surface area contributed by atoms with Crippen LogP contribution in [0.25, 0.3) is 27.7 Å². The highest BCUT2D eigenvalue weighted by atomic mass is 16.5. The normalized spacial score (nSPS) is 13.8. The molecule has 4 aromatic rings. The molecule has 0 radical (unpaired) electrons. The van der Waals surface area contributed by atoms with Gasteiger partial charge in [0.05, 0.1) is 30.8 Å². The maximum absolute atomic E-state index is 13.3. The highest BCUT2D eigenvalue weighted by Crippen LogP contribution is 2.30. The highest BCUT2D eigenvalue weighted by molar-refractivity contribution is 5.83. The number of nitrogens with zero attached hydrogens (tertiary/aromatic N) is 3. The number of ether oxygens (including phenoxy) is 3. The predicted molar refractivity (Wildman–Crippen MR) is 137 cm³/mol. The van der Waals surface area contributed by atoms with E-state index in [1.807, 2.05) is 60.7 Å². The van der Waals surface area contributed by atoms with Gasteiger partial charge in [0.1, 0.15) is 18.7 Å². The van der Waals surface area contributed by atoms with E-state index in [4.69, 9.17) is 14.2 Å². The van der Waals surface area contributed by atoms with Crippen LogP contribution in [0.5, 0.6) is 17.2 Å². The van der Waals surface area contributed by atoms with Gasteiger partial charge in [0, 0.05) is 12.6 Å². The van der Waals surface area contributed by atoms with Gasteiger partial charge in [-0.3, -0.25) is 14.3 Å². The first-order valence-corrected chi connectivity index (χ1v) is 11.9. The zero-order valence-electron chi connectivity index (χ0n) is 20.1. The third-order valence-electron chi connectivity index (χ3n) is 6.47. The molecule has 1 aliphatic rings. The number of fused-ring (bicyclic) bond motifs is 1. The molecule has 0 atom stereocenters. The molecule has 0 aliphatic carbocycles. The SMILES string of the molecule is COc1ccc(-c2ccc3c(=O)n(-c4ccc(OCCN5CCCC5)c(OC)c4)cnc3c2)cc1. The minimum atomic E-state index is -0.138. The fourth-order valence-corrected chi connectivity index (χ4v) is 4.48. The smallest absolute Gasteiger partial charge is 0.265 e. The Morgan fingerprint density at radius 3 is 2.37 bits per heavy atom. The molecular formula is C28H29N3O4. The number of aromatic nitrogens is 2. The standard InChI is InChI=1S/C28H29N3O4/c1-33-23-9-5-20(6-10-23)21-7-11-24-25(17-21)29-19-31(28(24)32)22-8-12-26(27(18-22)34-2)35-16-15-30-13-3-4-14-30/h5-12,17-19H,3-4,13-16H2,1-2H3. The summed E-state index contributed by atoms with van der Waals surface area (Å²) in [4.78, 5) is 20.3. The first-order chi connectivity index (χ1) is 17.2. The third-order valence-corrected chi connectivity index (χ3v) is 6.47. The highest BCUT2D eigenvalue weighted by Gasteiger charge is 2.14. The van der Waals surface area contributed by atoms with Crippen molar-refractivity contribution in [1.29, 1.82) is 0 Å². The average molecular weight is 472 g/mol. The van der Waals surface area contributed by atoms with Crippen LogP contribution in [-0.2, 0) is 0 Å². The Labute approximate surface area is 204 Å². The number of methoxy groups -OCH3 is 2. The van der Waals surface area contributed by atoms with E-state index in [1.165, 1.54) is 17.4 Å². The molecule has 5 rings (SSSR count). The Morgan fingerprint density at radius 1 is 0.857 bits per heavy atom. The minimum absolute atomic E-state index is 0.138. The molecule has 3 aromatic carbocycles. The van der Waals surface area contributed by atoms with Gasteiger partial charge >= 0.3 is 0 Å². The van der Waals surface area contributed by atoms with Crippen LogP contribution in [0.4, 0.5) is 0 Å². The van der Waals surface area contributed by atoms with Gasteiger partial charge in [-0.2, -0.15) is 0 Å². The number of hydrogen-bond donors (Lipinski definition) is 0. The summed E-state index contributed by atoms with van der Waals surface area (Å²) in [5.41, 5.74) is 3.20. The fraction of sp³-hybridized carbons (Fsp3) is 0.286. The van der Waals surface area contributed by atoms with Gasteiger partial charge in [-0.1, -0.05) is 18.2 Å². The first kappa shape index (κ1) is 22.9. The summed E-state index contributed by atoms with van der Waals surface area (Å²) in [6, 6.07) is 19.0. The molecule has 0 amide bonds. The molecule has 0 N–H and O–H groups in total. The fourth-order valence-electron chi connectivity index (χ4n) is 4.48. The molecule has 0 bridgehead atoms. The molecule has 2 heterocycles. The number of benzene rings is 3. The molecule has 0 saturated carbocycles. The monoisotopic (exact) mass is 471 g/mol. The van der Waals surface area contributed by atoms with Crippen molar-refractivity contribution in [2.75, 3.05) is 40.5 Å². The summed E-state index contributed by atoms with van der Waals surface area (Å²) < 4.78 is 18.3. The average Bonchev–Trinajstić information content (AvgIpc) is 3.42. The maximum Gasteiger partial charge on any atom is 0.265 e. The van der Waals surface area contributed by atoms with Crippen LogP contribution in [0.15, 0.2) is 71.8 Å². The lowest BCUT2D eigenvalue weighted by molar-refractivity contribution is 0.230. The van der Waals surface area contributed by atoms with E-state index >= 15 is 0 Å². The topological polar surface area (TPSA) is 65.8 Å². The molecule has 1 fully saturated rings. The van der Waals surface area contributed by atoms with Crippen molar-refractivity contribution in [3.05, 3.63) is 77.3 Å². The maximum atomic E-state index is 13.3. The van der Waals surface area contributed by atoms with Crippen molar-refractivity contribution in [2.45, 2.75) is 12.8 Å². The number of likely N-dealkylation sites (tertiary alicyclic amines) is 1. The Morgan fingerprint density at radius 2 is 1.63 bits per heavy atom. The Balaban J connectivity index is 1.39. The van der Waals surface area contributed by atoms with Crippen LogP contribution in [0.1, 0.15) is 12.8 Å². The lowest BCUT2D eigenvalue weighted by atomic mass is 10.0. The van der Waals surface area contributed by atoms with Gasteiger partial charge in [0.2, 0.25) is 0 Å². The summed E-state index contributed by atoms with van der Waals surface area (Å²) >= 11 is 0. The van der Waals surface area contributed by atoms with E-state index in [0.717, 1.165) is 36.5 Å². The van der Waals surface area contributed by atoms with Gasteiger partial charge in [0.25, 0.3) is 5.56 Å². The van der Waals surface area contributed by atoms with E-state index in [-0.39, 0.29) is 5.56 Å². The van der Waals surface area contributed by atoms with Crippen LogP contribution in [0.3, 0.4) is 0 Å². The van der Waals surface area contributed by atoms with Crippen LogP contribution in [0, 0.1) is 0 Å². The first-order valence-electron chi connectivity index (χ1n) is 11.9. The predicted octanol–water partition coefficient (Wildman–Crippen LogP) is 4.54. The summed E-state index contributed by atoms with van der Waals surface area (Å²) in [6.07, 6.45) is 4.08. The van der Waals surface area contributed by atoms with Gasteiger partial charge in [-0.15, -0.1) is 0 Å². The molecule has 7 nitrogen and oxygen atoms in total. The zero-order valence-corrected chi connectivity index (χ0v) is 20.1. The molecular weight excluding hydrogens is 442 g/mol. The molecule has 1 aliphatic heterocycles. The van der Waals surface area contributed by atoms with Crippen molar-refractivity contribution in [3.63, 3.8) is 0 Å². The lowest BCUT2D eigenvalue weighted by Gasteiger charge is -2.17. The lowest BCUT2D eigenvalue weighted by Crippen LogP contribution is -2.25. The van der Waals surface area contributed by atoms with E-state index in [0.29, 0.717) is 34.7 Å². The summed E-state index contributed by atoms with van der Waals surface area (Å²) in [6.45, 7) is 3.78. The Kier molecular flexibility index (Phi) is 6.68. The van der Waals surface area contributed by atoms with Gasteiger partial charge in [-0.25, -0.2) is 4.98 Å². The van der Waals surface area contributed by atoms with Crippen molar-refractivity contribution in [1.82, 2.24) is 14.5 Å². The van der Waals surface area contributed by atoms with Crippen LogP contribution in [-0.4, -0.2) is 54.9 Å². The van der Waals surface area contributed by atoms with Crippen molar-refractivity contribution < 1.29 is 14.2 Å². The van der Waals surface area contributed by atoms with E-state index < -0.39 is 0 Å². The molecule has 7 heteroatoms. The van der Waals surface area contributed by atoms with Crippen LogP contribution >= 0.6 is 0 Å². The second-order valence-corrected chi connectivity index (χ2v) is 8.61. The van der Waals surface area contributed by atoms with Crippen molar-refractivity contribution in [2.24, 2.45) is 0 Å². The minimum Gasteiger partial charge on any atom is -0.497 e. The van der Waals surface area contributed by atoms with Crippen LogP contribution in [0.2, 0.25) is 0 Å². The summed E-state index contributed by atoms with van der Waals surface area (Å²) in [5, 5.41) is 0.551. The molecule has 0 unspecified atom stereocenters. The van der Waals surface area contributed by atoms with E-state index in [9.17, 15) is 4.79 Å². The van der Waals surface area contributed by atoms with Crippen molar-refractivity contribution in [3.8, 4) is 34.1 Å². The number of rotatable bonds is 8. The third kappa shape index (κ3) is 4.86. The number of hydrogen-bond acceptors (Lipinski definition) is 6. The summed E-state index contributed by atoms with van der Waals surface area (Å²) in [7, 11) is 3.25. The Bertz CT molecular complexity index is 1380. The van der Waals surface area contributed by atoms with Crippen LogP contribution < -0.4 is 19.8 Å². The van der Waals surface area contributed by atoms with E-state index in [2.05, 4.69) is 9.88 Å².